The Hall–Kier alpha value is -2.36. The number of aliphatic hydroxyl groups is 1. The molecule has 0 radical (unpaired) electrons. The predicted molar refractivity (Wildman–Crippen MR) is 123 cm³/mol. The first kappa shape index (κ1) is 20.9. The van der Waals surface area contributed by atoms with E-state index < -0.39 is 5.60 Å². The Balaban J connectivity index is 1.26. The van der Waals surface area contributed by atoms with Crippen molar-refractivity contribution in [2.45, 2.75) is 57.3 Å². The fourth-order valence-corrected chi connectivity index (χ4v) is 4.58. The molecule has 2 aromatic carbocycles. The van der Waals surface area contributed by atoms with Crippen LogP contribution in [0.3, 0.4) is 0 Å². The van der Waals surface area contributed by atoms with Gasteiger partial charge in [0.05, 0.1) is 5.60 Å². The molecule has 1 aliphatic carbocycles. The molecule has 2 aliphatic rings. The number of hydrogen-bond donors (Lipinski definition) is 1. The van der Waals surface area contributed by atoms with Gasteiger partial charge < -0.3 is 14.7 Å². The van der Waals surface area contributed by atoms with Gasteiger partial charge in [-0.05, 0) is 67.9 Å². The molecular formula is C27H33NO2. The molecule has 3 nitrogen and oxygen atoms in total. The Labute approximate surface area is 180 Å². The molecule has 3 heteroatoms. The Morgan fingerprint density at radius 2 is 1.73 bits per heavy atom. The highest BCUT2D eigenvalue weighted by atomic mass is 16.5. The summed E-state index contributed by atoms with van der Waals surface area (Å²) >= 11 is 0. The number of ether oxygens (including phenoxy) is 1. The molecule has 1 atom stereocenters. The molecule has 1 fully saturated rings. The van der Waals surface area contributed by atoms with E-state index >= 15 is 0 Å². The molecule has 1 aliphatic heterocycles. The van der Waals surface area contributed by atoms with Crippen molar-refractivity contribution in [2.24, 2.45) is 0 Å². The van der Waals surface area contributed by atoms with Gasteiger partial charge in [0.1, 0.15) is 12.4 Å². The largest absolute Gasteiger partial charge is 0.489 e. The standard InChI is InChI=1S/C27H33NO2/c1-22(28-18-16-27(29,17-19-28)25-10-6-3-7-11-25)20-23-12-14-26(15-13-23)30-21-24-8-4-2-5-9-24/h2-6,8-10,12-15,22,29H,7,11,16-21H2,1H3/t22-/m0/s1. The molecule has 158 valence electrons. The second kappa shape index (κ2) is 9.63. The van der Waals surface area contributed by atoms with E-state index in [1.165, 1.54) is 16.7 Å². The average molecular weight is 404 g/mol. The normalized spacial score (nSPS) is 19.9. The van der Waals surface area contributed by atoms with Crippen LogP contribution >= 0.6 is 0 Å². The molecule has 0 spiro atoms. The molecule has 0 unspecified atom stereocenters. The Morgan fingerprint density at radius 3 is 2.40 bits per heavy atom. The summed E-state index contributed by atoms with van der Waals surface area (Å²) in [6.45, 7) is 4.81. The Bertz CT molecular complexity index is 861. The fourth-order valence-electron chi connectivity index (χ4n) is 4.58. The maximum Gasteiger partial charge on any atom is 0.119 e. The van der Waals surface area contributed by atoms with Crippen molar-refractivity contribution in [2.75, 3.05) is 13.1 Å². The SMILES string of the molecule is C[C@@H](Cc1ccc(OCc2ccccc2)cc1)N1CCC(O)(C2=CC=CCC2)CC1. The lowest BCUT2D eigenvalue weighted by Gasteiger charge is -2.42. The first-order valence-corrected chi connectivity index (χ1v) is 11.2. The predicted octanol–water partition coefficient (Wildman–Crippen LogP) is 5.30. The Kier molecular flexibility index (Phi) is 6.71. The third-order valence-electron chi connectivity index (χ3n) is 6.56. The lowest BCUT2D eigenvalue weighted by Crippen LogP contribution is -2.49. The van der Waals surface area contributed by atoms with Crippen molar-refractivity contribution in [1.82, 2.24) is 4.90 Å². The van der Waals surface area contributed by atoms with Crippen LogP contribution in [0.2, 0.25) is 0 Å². The van der Waals surface area contributed by atoms with Gasteiger partial charge in [0.2, 0.25) is 0 Å². The van der Waals surface area contributed by atoms with Crippen LogP contribution in [-0.2, 0) is 13.0 Å². The monoisotopic (exact) mass is 403 g/mol. The van der Waals surface area contributed by atoms with Crippen molar-refractivity contribution in [1.29, 1.82) is 0 Å². The van der Waals surface area contributed by atoms with Gasteiger partial charge in [-0.3, -0.25) is 0 Å². The summed E-state index contributed by atoms with van der Waals surface area (Å²) < 4.78 is 5.90. The summed E-state index contributed by atoms with van der Waals surface area (Å²) in [7, 11) is 0. The summed E-state index contributed by atoms with van der Waals surface area (Å²) in [4.78, 5) is 2.52. The molecular weight excluding hydrogens is 370 g/mol. The number of benzene rings is 2. The minimum atomic E-state index is -0.598. The third-order valence-corrected chi connectivity index (χ3v) is 6.56. The van der Waals surface area contributed by atoms with Crippen molar-refractivity contribution < 1.29 is 9.84 Å². The summed E-state index contributed by atoms with van der Waals surface area (Å²) in [5.41, 5.74) is 3.14. The number of rotatable bonds is 7. The molecule has 0 bridgehead atoms. The molecule has 0 amide bonds. The van der Waals surface area contributed by atoms with E-state index in [4.69, 9.17) is 4.74 Å². The van der Waals surface area contributed by atoms with E-state index in [2.05, 4.69) is 66.4 Å². The second-order valence-electron chi connectivity index (χ2n) is 8.70. The van der Waals surface area contributed by atoms with Crippen LogP contribution in [0.5, 0.6) is 5.75 Å². The zero-order chi connectivity index (χ0) is 20.8. The van der Waals surface area contributed by atoms with E-state index in [-0.39, 0.29) is 0 Å². The van der Waals surface area contributed by atoms with E-state index in [0.29, 0.717) is 12.6 Å². The van der Waals surface area contributed by atoms with Gasteiger partial charge in [-0.2, -0.15) is 0 Å². The fraction of sp³-hybridized carbons (Fsp3) is 0.407. The highest BCUT2D eigenvalue weighted by Gasteiger charge is 2.36. The van der Waals surface area contributed by atoms with Gasteiger partial charge >= 0.3 is 0 Å². The third kappa shape index (κ3) is 5.21. The maximum absolute atomic E-state index is 11.1. The van der Waals surface area contributed by atoms with Crippen LogP contribution in [0.15, 0.2) is 78.4 Å². The minimum Gasteiger partial charge on any atom is -0.489 e. The molecule has 30 heavy (non-hydrogen) atoms. The lowest BCUT2D eigenvalue weighted by atomic mass is 9.80. The summed E-state index contributed by atoms with van der Waals surface area (Å²) in [6, 6.07) is 19.2. The maximum atomic E-state index is 11.1. The molecule has 1 N–H and O–H groups in total. The van der Waals surface area contributed by atoms with Crippen LogP contribution < -0.4 is 4.74 Å². The van der Waals surface area contributed by atoms with Crippen LogP contribution in [0, 0.1) is 0 Å². The number of allylic oxidation sites excluding steroid dienone is 3. The van der Waals surface area contributed by atoms with Crippen molar-refractivity contribution >= 4 is 0 Å². The quantitative estimate of drug-likeness (QED) is 0.681. The van der Waals surface area contributed by atoms with Crippen molar-refractivity contribution in [3.05, 3.63) is 89.5 Å². The summed E-state index contributed by atoms with van der Waals surface area (Å²) in [5.74, 6) is 0.910. The van der Waals surface area contributed by atoms with E-state index in [1.54, 1.807) is 0 Å². The van der Waals surface area contributed by atoms with Crippen LogP contribution in [0.25, 0.3) is 0 Å². The molecule has 4 rings (SSSR count). The topological polar surface area (TPSA) is 32.7 Å². The Morgan fingerprint density at radius 1 is 1.00 bits per heavy atom. The zero-order valence-electron chi connectivity index (χ0n) is 18.0. The van der Waals surface area contributed by atoms with Gasteiger partial charge in [0.15, 0.2) is 0 Å². The minimum absolute atomic E-state index is 0.464. The number of likely N-dealkylation sites (tertiary alicyclic amines) is 1. The average Bonchev–Trinajstić information content (AvgIpc) is 2.80. The zero-order valence-corrected chi connectivity index (χ0v) is 18.0. The van der Waals surface area contributed by atoms with Gasteiger partial charge in [-0.25, -0.2) is 0 Å². The van der Waals surface area contributed by atoms with Crippen molar-refractivity contribution in [3.8, 4) is 5.75 Å². The van der Waals surface area contributed by atoms with E-state index in [1.807, 2.05) is 18.2 Å². The smallest absolute Gasteiger partial charge is 0.119 e. The van der Waals surface area contributed by atoms with E-state index in [0.717, 1.165) is 50.9 Å². The van der Waals surface area contributed by atoms with Gasteiger partial charge in [-0.1, -0.05) is 60.7 Å². The molecule has 1 heterocycles. The molecule has 2 aromatic rings. The van der Waals surface area contributed by atoms with E-state index in [9.17, 15) is 5.11 Å². The van der Waals surface area contributed by atoms with Crippen molar-refractivity contribution in [3.63, 3.8) is 0 Å². The second-order valence-corrected chi connectivity index (χ2v) is 8.70. The van der Waals surface area contributed by atoms with Crippen LogP contribution in [0.1, 0.15) is 43.7 Å². The first-order valence-electron chi connectivity index (χ1n) is 11.2. The van der Waals surface area contributed by atoms with Gasteiger partial charge in [0.25, 0.3) is 0 Å². The van der Waals surface area contributed by atoms with Crippen LogP contribution in [-0.4, -0.2) is 34.7 Å². The first-order chi connectivity index (χ1) is 14.6. The molecule has 0 aromatic heterocycles. The number of hydrogen-bond acceptors (Lipinski definition) is 3. The highest BCUT2D eigenvalue weighted by Crippen LogP contribution is 2.34. The lowest BCUT2D eigenvalue weighted by molar-refractivity contribution is -0.00316. The summed E-state index contributed by atoms with van der Waals surface area (Å²) in [5, 5.41) is 11.1. The number of piperidine rings is 1. The molecule has 0 saturated carbocycles. The van der Waals surface area contributed by atoms with Gasteiger partial charge in [-0.15, -0.1) is 0 Å². The summed E-state index contributed by atoms with van der Waals surface area (Å²) in [6.07, 6.45) is 11.2. The highest BCUT2D eigenvalue weighted by molar-refractivity contribution is 5.29. The van der Waals surface area contributed by atoms with Gasteiger partial charge in [0, 0.05) is 19.1 Å². The van der Waals surface area contributed by atoms with Crippen LogP contribution in [0.4, 0.5) is 0 Å². The number of nitrogens with zero attached hydrogens (tertiary/aromatic N) is 1. The molecule has 1 saturated heterocycles.